The van der Waals surface area contributed by atoms with E-state index in [2.05, 4.69) is 26.1 Å². The predicted octanol–water partition coefficient (Wildman–Crippen LogP) is 2.01. The average Bonchev–Trinajstić information content (AvgIpc) is 2.78. The number of ether oxygens (including phenoxy) is 1. The lowest BCUT2D eigenvalue weighted by molar-refractivity contribution is 0.412. The van der Waals surface area contributed by atoms with Crippen LogP contribution in [0.1, 0.15) is 5.89 Å². The SMILES string of the molecule is COc1ccc(-c2nnc(CCN)o2)cc1Br. The van der Waals surface area contributed by atoms with Crippen molar-refractivity contribution in [2.75, 3.05) is 13.7 Å². The molecule has 6 heteroatoms. The van der Waals surface area contributed by atoms with Crippen LogP contribution in [0.2, 0.25) is 0 Å². The molecule has 0 aliphatic heterocycles. The highest BCUT2D eigenvalue weighted by molar-refractivity contribution is 9.10. The summed E-state index contributed by atoms with van der Waals surface area (Å²) in [5, 5.41) is 7.88. The molecular weight excluding hydrogens is 286 g/mol. The number of rotatable bonds is 4. The summed E-state index contributed by atoms with van der Waals surface area (Å²) in [5.74, 6) is 1.79. The number of methoxy groups -OCH3 is 1. The Bertz CT molecular complexity index is 513. The third kappa shape index (κ3) is 2.65. The lowest BCUT2D eigenvalue weighted by Crippen LogP contribution is -2.02. The molecule has 0 radical (unpaired) electrons. The third-order valence-electron chi connectivity index (χ3n) is 2.22. The molecule has 0 bridgehead atoms. The van der Waals surface area contributed by atoms with Crippen LogP contribution in [0.3, 0.4) is 0 Å². The van der Waals surface area contributed by atoms with Crippen molar-refractivity contribution < 1.29 is 9.15 Å². The summed E-state index contributed by atoms with van der Waals surface area (Å²) in [4.78, 5) is 0. The number of aromatic nitrogens is 2. The molecule has 0 amide bonds. The van der Waals surface area contributed by atoms with Crippen LogP contribution < -0.4 is 10.5 Å². The van der Waals surface area contributed by atoms with Crippen LogP contribution in [0.4, 0.5) is 0 Å². The van der Waals surface area contributed by atoms with Gasteiger partial charge in [0.1, 0.15) is 5.75 Å². The van der Waals surface area contributed by atoms with E-state index in [1.807, 2.05) is 18.2 Å². The number of hydrogen-bond acceptors (Lipinski definition) is 5. The van der Waals surface area contributed by atoms with Gasteiger partial charge in [-0.05, 0) is 34.1 Å². The van der Waals surface area contributed by atoms with Crippen LogP contribution in [0.15, 0.2) is 27.1 Å². The Kier molecular flexibility index (Phi) is 3.75. The zero-order chi connectivity index (χ0) is 12.3. The highest BCUT2D eigenvalue weighted by atomic mass is 79.9. The molecular formula is C11H12BrN3O2. The summed E-state index contributed by atoms with van der Waals surface area (Å²) in [6, 6.07) is 5.58. The fourth-order valence-corrected chi connectivity index (χ4v) is 1.93. The molecule has 0 unspecified atom stereocenters. The smallest absolute Gasteiger partial charge is 0.247 e. The molecule has 17 heavy (non-hydrogen) atoms. The summed E-state index contributed by atoms with van der Waals surface area (Å²) in [6.45, 7) is 0.494. The van der Waals surface area contributed by atoms with Crippen LogP contribution in [-0.4, -0.2) is 23.9 Å². The van der Waals surface area contributed by atoms with Crippen molar-refractivity contribution in [3.05, 3.63) is 28.6 Å². The minimum absolute atomic E-state index is 0.483. The zero-order valence-electron chi connectivity index (χ0n) is 9.31. The van der Waals surface area contributed by atoms with Crippen LogP contribution in [0.5, 0.6) is 5.75 Å². The molecule has 0 aliphatic carbocycles. The quantitative estimate of drug-likeness (QED) is 0.934. The molecule has 0 atom stereocenters. The molecule has 1 aromatic carbocycles. The van der Waals surface area contributed by atoms with Gasteiger partial charge in [0.25, 0.3) is 0 Å². The maximum absolute atomic E-state index is 5.47. The maximum atomic E-state index is 5.47. The van der Waals surface area contributed by atoms with Gasteiger partial charge in [0.2, 0.25) is 11.8 Å². The minimum atomic E-state index is 0.483. The van der Waals surface area contributed by atoms with E-state index in [4.69, 9.17) is 14.9 Å². The fourth-order valence-electron chi connectivity index (χ4n) is 1.39. The van der Waals surface area contributed by atoms with E-state index in [0.29, 0.717) is 24.7 Å². The Labute approximate surface area is 107 Å². The lowest BCUT2D eigenvalue weighted by atomic mass is 10.2. The molecule has 1 aromatic heterocycles. The molecule has 2 aromatic rings. The second-order valence-electron chi connectivity index (χ2n) is 3.39. The molecule has 0 saturated carbocycles. The van der Waals surface area contributed by atoms with E-state index in [1.165, 1.54) is 0 Å². The summed E-state index contributed by atoms with van der Waals surface area (Å²) in [6.07, 6.45) is 0.588. The Morgan fingerprint density at radius 1 is 1.41 bits per heavy atom. The molecule has 5 nitrogen and oxygen atoms in total. The van der Waals surface area contributed by atoms with Crippen molar-refractivity contribution in [3.63, 3.8) is 0 Å². The molecule has 2 N–H and O–H groups in total. The van der Waals surface area contributed by atoms with Gasteiger partial charge in [-0.3, -0.25) is 0 Å². The molecule has 1 heterocycles. The van der Waals surface area contributed by atoms with Crippen molar-refractivity contribution in [2.45, 2.75) is 6.42 Å². The lowest BCUT2D eigenvalue weighted by Gasteiger charge is -2.03. The van der Waals surface area contributed by atoms with Crippen molar-refractivity contribution in [2.24, 2.45) is 5.73 Å². The summed E-state index contributed by atoms with van der Waals surface area (Å²) in [7, 11) is 1.62. The zero-order valence-corrected chi connectivity index (χ0v) is 10.9. The van der Waals surface area contributed by atoms with Gasteiger partial charge in [-0.25, -0.2) is 0 Å². The van der Waals surface area contributed by atoms with Crippen LogP contribution >= 0.6 is 15.9 Å². The van der Waals surface area contributed by atoms with E-state index in [0.717, 1.165) is 15.8 Å². The van der Waals surface area contributed by atoms with Crippen LogP contribution in [0, 0.1) is 0 Å². The maximum Gasteiger partial charge on any atom is 0.247 e. The van der Waals surface area contributed by atoms with E-state index < -0.39 is 0 Å². The Morgan fingerprint density at radius 3 is 2.88 bits per heavy atom. The van der Waals surface area contributed by atoms with Crippen molar-refractivity contribution in [1.29, 1.82) is 0 Å². The van der Waals surface area contributed by atoms with E-state index in [9.17, 15) is 0 Å². The third-order valence-corrected chi connectivity index (χ3v) is 2.84. The molecule has 2 rings (SSSR count). The number of nitrogens with zero attached hydrogens (tertiary/aromatic N) is 2. The summed E-state index contributed by atoms with van der Waals surface area (Å²) in [5.41, 5.74) is 6.26. The second-order valence-corrected chi connectivity index (χ2v) is 4.24. The Hall–Kier alpha value is -1.40. The second kappa shape index (κ2) is 5.29. The number of benzene rings is 1. The number of halogens is 1. The topological polar surface area (TPSA) is 74.2 Å². The van der Waals surface area contributed by atoms with Crippen LogP contribution in [-0.2, 0) is 6.42 Å². The molecule has 0 aliphatic rings. The fraction of sp³-hybridized carbons (Fsp3) is 0.273. The summed E-state index contributed by atoms with van der Waals surface area (Å²) < 4.78 is 11.5. The molecule has 0 fully saturated rings. The van der Waals surface area contributed by atoms with Crippen LogP contribution in [0.25, 0.3) is 11.5 Å². The first-order valence-corrected chi connectivity index (χ1v) is 5.90. The first-order chi connectivity index (χ1) is 8.24. The average molecular weight is 298 g/mol. The summed E-state index contributed by atoms with van der Waals surface area (Å²) >= 11 is 3.41. The van der Waals surface area contributed by atoms with Gasteiger partial charge in [0.15, 0.2) is 0 Å². The molecule has 0 spiro atoms. The van der Waals surface area contributed by atoms with Gasteiger partial charge >= 0.3 is 0 Å². The van der Waals surface area contributed by atoms with E-state index in [1.54, 1.807) is 7.11 Å². The standard InChI is InChI=1S/C11H12BrN3O2/c1-16-9-3-2-7(6-8(9)12)11-15-14-10(17-11)4-5-13/h2-3,6H,4-5,13H2,1H3. The first kappa shape index (κ1) is 12.1. The largest absolute Gasteiger partial charge is 0.496 e. The monoisotopic (exact) mass is 297 g/mol. The van der Waals surface area contributed by atoms with Crippen molar-refractivity contribution in [3.8, 4) is 17.2 Å². The molecule has 0 saturated heterocycles. The van der Waals surface area contributed by atoms with Gasteiger partial charge < -0.3 is 14.9 Å². The normalized spacial score (nSPS) is 10.5. The van der Waals surface area contributed by atoms with Crippen molar-refractivity contribution >= 4 is 15.9 Å². The van der Waals surface area contributed by atoms with Gasteiger partial charge in [-0.2, -0.15) is 0 Å². The first-order valence-electron chi connectivity index (χ1n) is 5.11. The number of nitrogens with two attached hydrogens (primary N) is 1. The minimum Gasteiger partial charge on any atom is -0.496 e. The van der Waals surface area contributed by atoms with Gasteiger partial charge in [0, 0.05) is 18.5 Å². The van der Waals surface area contributed by atoms with Gasteiger partial charge in [-0.15, -0.1) is 10.2 Å². The number of hydrogen-bond donors (Lipinski definition) is 1. The Balaban J connectivity index is 2.29. The predicted molar refractivity (Wildman–Crippen MR) is 66.7 cm³/mol. The van der Waals surface area contributed by atoms with E-state index in [-0.39, 0.29) is 0 Å². The highest BCUT2D eigenvalue weighted by Crippen LogP contribution is 2.29. The van der Waals surface area contributed by atoms with Gasteiger partial charge in [-0.1, -0.05) is 0 Å². The van der Waals surface area contributed by atoms with Crippen molar-refractivity contribution in [1.82, 2.24) is 10.2 Å². The van der Waals surface area contributed by atoms with E-state index >= 15 is 0 Å². The van der Waals surface area contributed by atoms with Gasteiger partial charge in [0.05, 0.1) is 11.6 Å². The molecule has 90 valence electrons. The highest BCUT2D eigenvalue weighted by Gasteiger charge is 2.10. The Morgan fingerprint density at radius 2 is 2.24 bits per heavy atom.